The third-order valence-electron chi connectivity index (χ3n) is 5.65. The summed E-state index contributed by atoms with van der Waals surface area (Å²) < 4.78 is 1.30. The average molecular weight is 448 g/mol. The normalized spacial score (nSPS) is 13.1. The first-order valence-electron chi connectivity index (χ1n) is 10.2. The van der Waals surface area contributed by atoms with E-state index in [4.69, 9.17) is 11.6 Å². The zero-order valence-electron chi connectivity index (χ0n) is 18.3. The molecule has 0 saturated carbocycles. The zero-order valence-corrected chi connectivity index (χ0v) is 19.0. The summed E-state index contributed by atoms with van der Waals surface area (Å²) in [5.74, 6) is -0.737. The predicted molar refractivity (Wildman–Crippen MR) is 125 cm³/mol. The van der Waals surface area contributed by atoms with Gasteiger partial charge in [0.15, 0.2) is 0 Å². The van der Waals surface area contributed by atoms with E-state index < -0.39 is 0 Å². The van der Waals surface area contributed by atoms with Crippen molar-refractivity contribution in [2.75, 3.05) is 4.90 Å². The van der Waals surface area contributed by atoms with Crippen LogP contribution in [0.5, 0.6) is 0 Å². The Balaban J connectivity index is 1.77. The Morgan fingerprint density at radius 1 is 1.03 bits per heavy atom. The van der Waals surface area contributed by atoms with Crippen LogP contribution in [0.4, 0.5) is 5.69 Å². The molecule has 0 aliphatic carbocycles. The molecule has 4 rings (SSSR count). The molecule has 0 fully saturated rings. The highest BCUT2D eigenvalue weighted by Crippen LogP contribution is 2.36. The first-order chi connectivity index (χ1) is 15.1. The van der Waals surface area contributed by atoms with Crippen LogP contribution in [0.2, 0.25) is 5.02 Å². The lowest BCUT2D eigenvalue weighted by Gasteiger charge is -2.19. The van der Waals surface area contributed by atoms with Crippen LogP contribution in [0.1, 0.15) is 62.9 Å². The Morgan fingerprint density at radius 2 is 1.62 bits per heavy atom. The molecule has 0 saturated heterocycles. The van der Waals surface area contributed by atoms with Crippen molar-refractivity contribution in [3.05, 3.63) is 97.9 Å². The van der Waals surface area contributed by atoms with Gasteiger partial charge >= 0.3 is 0 Å². The monoisotopic (exact) mass is 447 g/mol. The van der Waals surface area contributed by atoms with E-state index in [1.165, 1.54) is 4.68 Å². The van der Waals surface area contributed by atoms with Crippen LogP contribution in [0, 0.1) is 6.92 Å². The van der Waals surface area contributed by atoms with Crippen molar-refractivity contribution in [3.8, 4) is 0 Å². The topological polar surface area (TPSA) is 72.3 Å². The van der Waals surface area contributed by atoms with E-state index in [0.717, 1.165) is 10.5 Å². The minimum absolute atomic E-state index is 0.0241. The van der Waals surface area contributed by atoms with Gasteiger partial charge in [-0.1, -0.05) is 44.2 Å². The lowest BCUT2D eigenvalue weighted by molar-refractivity contribution is 0.0926. The zero-order chi connectivity index (χ0) is 23.3. The Bertz CT molecular complexity index is 1310. The highest BCUT2D eigenvalue weighted by atomic mass is 35.5. The molecular formula is C25H22ClN3O3. The van der Waals surface area contributed by atoms with Gasteiger partial charge in [-0.25, -0.2) is 9.58 Å². The van der Waals surface area contributed by atoms with Crippen molar-refractivity contribution < 1.29 is 9.59 Å². The maximum Gasteiger partial charge on any atom is 0.269 e. The summed E-state index contributed by atoms with van der Waals surface area (Å²) >= 11 is 6.63. The third-order valence-corrected chi connectivity index (χ3v) is 5.95. The van der Waals surface area contributed by atoms with Crippen molar-refractivity contribution in [2.45, 2.75) is 26.7 Å². The summed E-state index contributed by atoms with van der Waals surface area (Å²) in [6, 6.07) is 11.8. The van der Waals surface area contributed by atoms with Gasteiger partial charge in [-0.2, -0.15) is 5.10 Å². The van der Waals surface area contributed by atoms with Gasteiger partial charge < -0.3 is 0 Å². The quantitative estimate of drug-likeness (QED) is 0.542. The summed E-state index contributed by atoms with van der Waals surface area (Å²) in [5, 5.41) is 4.69. The first-order valence-corrected chi connectivity index (χ1v) is 10.6. The van der Waals surface area contributed by atoms with E-state index in [1.54, 1.807) is 49.5 Å². The van der Waals surface area contributed by atoms with Gasteiger partial charge in [-0.15, -0.1) is 0 Å². The van der Waals surface area contributed by atoms with Crippen molar-refractivity contribution >= 4 is 34.7 Å². The van der Waals surface area contributed by atoms with E-state index in [-0.39, 0.29) is 23.3 Å². The van der Waals surface area contributed by atoms with E-state index in [0.29, 0.717) is 44.2 Å². The van der Waals surface area contributed by atoms with Gasteiger partial charge in [-0.05, 0) is 48.7 Å². The van der Waals surface area contributed by atoms with Crippen LogP contribution in [-0.2, 0) is 7.05 Å². The van der Waals surface area contributed by atoms with Gasteiger partial charge in [0.1, 0.15) is 0 Å². The van der Waals surface area contributed by atoms with E-state index in [9.17, 15) is 14.4 Å². The number of halogens is 1. The second-order valence-corrected chi connectivity index (χ2v) is 8.56. The fraction of sp³-hybridized carbons (Fsp3) is 0.200. The lowest BCUT2D eigenvalue weighted by Crippen LogP contribution is -2.29. The van der Waals surface area contributed by atoms with Gasteiger partial charge in [0.05, 0.1) is 27.5 Å². The molecule has 1 aromatic heterocycles. The van der Waals surface area contributed by atoms with Crippen molar-refractivity contribution in [3.63, 3.8) is 0 Å². The molecule has 0 bridgehead atoms. The van der Waals surface area contributed by atoms with E-state index in [1.807, 2.05) is 20.8 Å². The molecule has 0 spiro atoms. The molecule has 2 heterocycles. The van der Waals surface area contributed by atoms with Gasteiger partial charge in [0.25, 0.3) is 17.4 Å². The lowest BCUT2D eigenvalue weighted by atomic mass is 9.96. The number of hydrogen-bond acceptors (Lipinski definition) is 4. The van der Waals surface area contributed by atoms with Crippen molar-refractivity contribution in [2.24, 2.45) is 7.05 Å². The van der Waals surface area contributed by atoms with E-state index >= 15 is 0 Å². The molecule has 1 aliphatic rings. The Morgan fingerprint density at radius 3 is 2.16 bits per heavy atom. The minimum Gasteiger partial charge on any atom is -0.268 e. The Labute approximate surface area is 190 Å². The number of rotatable bonds is 4. The minimum atomic E-state index is -0.381. The summed E-state index contributed by atoms with van der Waals surface area (Å²) in [7, 11) is 1.60. The molecule has 162 valence electrons. The molecule has 0 unspecified atom stereocenters. The van der Waals surface area contributed by atoms with Crippen LogP contribution in [0.15, 0.2) is 53.8 Å². The number of aromatic nitrogens is 2. The first kappa shape index (κ1) is 21.7. The van der Waals surface area contributed by atoms with Crippen LogP contribution in [-0.4, -0.2) is 21.6 Å². The number of carbonyl (C=O) groups excluding carboxylic acids is 2. The largest absolute Gasteiger partial charge is 0.269 e. The predicted octanol–water partition coefficient (Wildman–Crippen LogP) is 4.73. The molecule has 0 radical (unpaired) electrons. The molecule has 6 nitrogen and oxygen atoms in total. The summed E-state index contributed by atoms with van der Waals surface area (Å²) in [6.45, 7) is 9.89. The van der Waals surface area contributed by atoms with Gasteiger partial charge in [0.2, 0.25) is 0 Å². The average Bonchev–Trinajstić information content (AvgIpc) is 2.99. The molecule has 7 heteroatoms. The third kappa shape index (κ3) is 3.37. The molecule has 0 N–H and O–H groups in total. The van der Waals surface area contributed by atoms with Crippen LogP contribution in [0.3, 0.4) is 0 Å². The molecule has 32 heavy (non-hydrogen) atoms. The molecule has 3 aromatic rings. The Hall–Kier alpha value is -3.51. The summed E-state index contributed by atoms with van der Waals surface area (Å²) in [5.41, 5.74) is 4.09. The fourth-order valence-corrected chi connectivity index (χ4v) is 4.36. The molecule has 1 aliphatic heterocycles. The number of amides is 2. The van der Waals surface area contributed by atoms with Crippen molar-refractivity contribution in [1.29, 1.82) is 0 Å². The summed E-state index contributed by atoms with van der Waals surface area (Å²) in [4.78, 5) is 39.2. The van der Waals surface area contributed by atoms with Crippen LogP contribution >= 0.6 is 11.6 Å². The number of fused-ring (bicyclic) bond motifs is 1. The summed E-state index contributed by atoms with van der Waals surface area (Å²) in [6.07, 6.45) is 0. The molecule has 0 atom stereocenters. The number of anilines is 1. The van der Waals surface area contributed by atoms with Crippen LogP contribution < -0.4 is 10.5 Å². The number of benzene rings is 2. The Kier molecular flexibility index (Phi) is 5.34. The number of aryl methyl sites for hydroxylation is 2. The van der Waals surface area contributed by atoms with Crippen molar-refractivity contribution in [1.82, 2.24) is 9.78 Å². The smallest absolute Gasteiger partial charge is 0.268 e. The SMILES string of the molecule is C=C(c1cc(C(C)C)c(=O)n(C)n1)c1c(C)cc(N2C(=O)c3ccccc3C2=O)cc1Cl. The molecule has 2 amide bonds. The molecule has 2 aromatic carbocycles. The maximum absolute atomic E-state index is 12.8. The highest BCUT2D eigenvalue weighted by molar-refractivity contribution is 6.36. The maximum atomic E-state index is 12.8. The van der Waals surface area contributed by atoms with Gasteiger partial charge in [-0.3, -0.25) is 14.4 Å². The number of nitrogens with zero attached hydrogens (tertiary/aromatic N) is 3. The van der Waals surface area contributed by atoms with E-state index in [2.05, 4.69) is 11.7 Å². The van der Waals surface area contributed by atoms with Gasteiger partial charge in [0, 0.05) is 23.7 Å². The number of imide groups is 1. The fourth-order valence-electron chi connectivity index (χ4n) is 3.98. The molecular weight excluding hydrogens is 426 g/mol. The second-order valence-electron chi connectivity index (χ2n) is 8.16. The number of hydrogen-bond donors (Lipinski definition) is 0. The number of carbonyl (C=O) groups is 2. The highest BCUT2D eigenvalue weighted by Gasteiger charge is 2.36. The van der Waals surface area contributed by atoms with Crippen LogP contribution in [0.25, 0.3) is 5.57 Å². The standard InChI is InChI=1S/C25H22ClN3O3/c1-13(2)19-12-21(27-28(5)23(19)30)15(4)22-14(3)10-16(11-20(22)26)29-24(31)17-8-6-7-9-18(17)25(29)32/h6-13H,4H2,1-3,5H3. The second kappa shape index (κ2) is 7.88.